The number of aromatic nitrogens is 2. The van der Waals surface area contributed by atoms with Crippen molar-refractivity contribution in [1.82, 2.24) is 14.9 Å². The first-order valence-corrected chi connectivity index (χ1v) is 9.58. The molecule has 7 heteroatoms. The Bertz CT molecular complexity index is 843. The van der Waals surface area contributed by atoms with E-state index >= 15 is 0 Å². The summed E-state index contributed by atoms with van der Waals surface area (Å²) in [5.74, 6) is 1.37. The van der Waals surface area contributed by atoms with Crippen molar-refractivity contribution in [3.05, 3.63) is 52.7 Å². The molecule has 0 N–H and O–H groups in total. The van der Waals surface area contributed by atoms with Gasteiger partial charge in [-0.3, -0.25) is 4.79 Å². The molecule has 1 fully saturated rings. The number of halogens is 1. The molecule has 0 radical (unpaired) electrons. The van der Waals surface area contributed by atoms with Gasteiger partial charge >= 0.3 is 0 Å². The van der Waals surface area contributed by atoms with Gasteiger partial charge in [-0.05, 0) is 38.0 Å². The van der Waals surface area contributed by atoms with Crippen molar-refractivity contribution in [2.45, 2.75) is 26.7 Å². The maximum Gasteiger partial charge on any atom is 0.248 e. The third-order valence-corrected chi connectivity index (χ3v) is 4.99. The Hall–Kier alpha value is -2.54. The van der Waals surface area contributed by atoms with Crippen LogP contribution in [0.25, 0.3) is 0 Å². The predicted molar refractivity (Wildman–Crippen MR) is 106 cm³/mol. The molecule has 0 spiro atoms. The molecule has 1 aliphatic heterocycles. The summed E-state index contributed by atoms with van der Waals surface area (Å²) in [6.45, 7) is 6.80. The number of aryl methyl sites for hydroxylation is 2. The number of anilines is 1. The summed E-state index contributed by atoms with van der Waals surface area (Å²) in [6.07, 6.45) is 1.43. The summed E-state index contributed by atoms with van der Waals surface area (Å²) in [5, 5.41) is 0. The fourth-order valence-electron chi connectivity index (χ4n) is 3.63. The molecule has 0 saturated carbocycles. The summed E-state index contributed by atoms with van der Waals surface area (Å²) in [5.41, 5.74) is 2.81. The average Bonchev–Trinajstić information content (AvgIpc) is 2.90. The Morgan fingerprint density at radius 1 is 1.18 bits per heavy atom. The number of ether oxygens (including phenoxy) is 1. The summed E-state index contributed by atoms with van der Waals surface area (Å²) >= 11 is 0. The molecule has 1 amide bonds. The van der Waals surface area contributed by atoms with Crippen LogP contribution >= 0.6 is 0 Å². The van der Waals surface area contributed by atoms with Crippen LogP contribution in [0, 0.1) is 19.7 Å². The van der Waals surface area contributed by atoms with Gasteiger partial charge in [-0.2, -0.15) is 0 Å². The molecule has 0 unspecified atom stereocenters. The molecule has 1 aliphatic rings. The number of amides is 1. The van der Waals surface area contributed by atoms with E-state index in [0.29, 0.717) is 31.9 Å². The van der Waals surface area contributed by atoms with Crippen LogP contribution in [0.3, 0.4) is 0 Å². The van der Waals surface area contributed by atoms with Gasteiger partial charge in [0.2, 0.25) is 5.91 Å². The second kappa shape index (κ2) is 9.10. The van der Waals surface area contributed by atoms with Crippen molar-refractivity contribution in [1.29, 1.82) is 0 Å². The number of benzene rings is 1. The first-order chi connectivity index (χ1) is 13.5. The van der Waals surface area contributed by atoms with Crippen molar-refractivity contribution in [3.8, 4) is 0 Å². The number of hydrogen-bond acceptors (Lipinski definition) is 5. The fourth-order valence-corrected chi connectivity index (χ4v) is 3.63. The molecule has 2 aromatic rings. The minimum Gasteiger partial charge on any atom is -0.375 e. The Kier molecular flexibility index (Phi) is 6.57. The lowest BCUT2D eigenvalue weighted by molar-refractivity contribution is -0.134. The molecule has 0 aliphatic carbocycles. The van der Waals surface area contributed by atoms with E-state index in [1.165, 1.54) is 13.2 Å². The second-order valence-corrected chi connectivity index (χ2v) is 7.12. The highest BCUT2D eigenvalue weighted by molar-refractivity contribution is 5.77. The van der Waals surface area contributed by atoms with E-state index in [9.17, 15) is 9.18 Å². The first-order valence-electron chi connectivity index (χ1n) is 9.58. The van der Waals surface area contributed by atoms with Gasteiger partial charge in [-0.25, -0.2) is 14.4 Å². The van der Waals surface area contributed by atoms with Crippen LogP contribution < -0.4 is 4.90 Å². The van der Waals surface area contributed by atoms with Crippen LogP contribution in [0.4, 0.5) is 10.2 Å². The lowest BCUT2D eigenvalue weighted by Crippen LogP contribution is -2.37. The zero-order valence-electron chi connectivity index (χ0n) is 16.7. The van der Waals surface area contributed by atoms with E-state index in [4.69, 9.17) is 9.72 Å². The van der Waals surface area contributed by atoms with Gasteiger partial charge in [0.25, 0.3) is 0 Å². The number of methoxy groups -OCH3 is 1. The third kappa shape index (κ3) is 4.84. The van der Waals surface area contributed by atoms with Crippen LogP contribution in [0.15, 0.2) is 24.3 Å². The van der Waals surface area contributed by atoms with Crippen LogP contribution in [0.2, 0.25) is 0 Å². The first kappa shape index (κ1) is 20.2. The van der Waals surface area contributed by atoms with E-state index in [1.807, 2.05) is 24.8 Å². The second-order valence-electron chi connectivity index (χ2n) is 7.12. The summed E-state index contributed by atoms with van der Waals surface area (Å²) in [6, 6.07) is 6.64. The van der Waals surface area contributed by atoms with E-state index in [2.05, 4.69) is 9.88 Å². The van der Waals surface area contributed by atoms with Crippen molar-refractivity contribution in [2.75, 3.05) is 44.8 Å². The predicted octanol–water partition coefficient (Wildman–Crippen LogP) is 2.51. The van der Waals surface area contributed by atoms with Crippen LogP contribution in [-0.2, 0) is 16.0 Å². The SMILES string of the molecule is COCC(=O)N1CCCN(c2nc(C)nc(C)c2Cc2cccc(F)c2)CC1. The topological polar surface area (TPSA) is 58.6 Å². The molecular weight excluding hydrogens is 359 g/mol. The number of rotatable bonds is 5. The molecule has 0 bridgehead atoms. The van der Waals surface area contributed by atoms with Crippen molar-refractivity contribution >= 4 is 11.7 Å². The van der Waals surface area contributed by atoms with Gasteiger partial charge in [-0.15, -0.1) is 0 Å². The Morgan fingerprint density at radius 3 is 2.75 bits per heavy atom. The highest BCUT2D eigenvalue weighted by atomic mass is 19.1. The van der Waals surface area contributed by atoms with Crippen LogP contribution in [0.5, 0.6) is 0 Å². The monoisotopic (exact) mass is 386 g/mol. The lowest BCUT2D eigenvalue weighted by Gasteiger charge is -2.26. The maximum atomic E-state index is 13.6. The normalized spacial score (nSPS) is 14.9. The number of nitrogens with zero attached hydrogens (tertiary/aromatic N) is 4. The third-order valence-electron chi connectivity index (χ3n) is 4.99. The van der Waals surface area contributed by atoms with Gasteiger partial charge in [0, 0.05) is 51.0 Å². The van der Waals surface area contributed by atoms with Crippen molar-refractivity contribution < 1.29 is 13.9 Å². The number of carbonyl (C=O) groups is 1. The molecular formula is C21H27FN4O2. The summed E-state index contributed by atoms with van der Waals surface area (Å²) < 4.78 is 18.6. The smallest absolute Gasteiger partial charge is 0.248 e. The molecule has 2 heterocycles. The van der Waals surface area contributed by atoms with Crippen LogP contribution in [-0.4, -0.2) is 60.7 Å². The molecule has 1 aromatic carbocycles. The molecule has 3 rings (SSSR count). The van der Waals surface area contributed by atoms with Crippen molar-refractivity contribution in [2.24, 2.45) is 0 Å². The average molecular weight is 386 g/mol. The van der Waals surface area contributed by atoms with Gasteiger partial charge in [0.05, 0.1) is 0 Å². The molecule has 1 saturated heterocycles. The molecule has 28 heavy (non-hydrogen) atoms. The maximum absolute atomic E-state index is 13.6. The molecule has 6 nitrogen and oxygen atoms in total. The Labute approximate surface area is 165 Å². The fraction of sp³-hybridized carbons (Fsp3) is 0.476. The summed E-state index contributed by atoms with van der Waals surface area (Å²) in [4.78, 5) is 25.5. The lowest BCUT2D eigenvalue weighted by atomic mass is 10.0. The van der Waals surface area contributed by atoms with Gasteiger partial charge in [-0.1, -0.05) is 12.1 Å². The Morgan fingerprint density at radius 2 is 2.00 bits per heavy atom. The molecule has 150 valence electrons. The van der Waals surface area contributed by atoms with E-state index in [-0.39, 0.29) is 18.3 Å². The standard InChI is InChI=1S/C21H27FN4O2/c1-15-19(13-17-6-4-7-18(22)12-17)21(24-16(2)23-15)26-9-5-8-25(10-11-26)20(27)14-28-3/h4,6-7,12H,5,8-11,13-14H2,1-3H3. The highest BCUT2D eigenvalue weighted by Crippen LogP contribution is 2.25. The van der Waals surface area contributed by atoms with E-state index in [1.54, 1.807) is 12.1 Å². The van der Waals surface area contributed by atoms with Gasteiger partial charge in [0.15, 0.2) is 0 Å². The minimum absolute atomic E-state index is 0.0133. The quantitative estimate of drug-likeness (QED) is 0.790. The zero-order chi connectivity index (χ0) is 20.1. The molecule has 0 atom stereocenters. The highest BCUT2D eigenvalue weighted by Gasteiger charge is 2.23. The van der Waals surface area contributed by atoms with Crippen molar-refractivity contribution in [3.63, 3.8) is 0 Å². The van der Waals surface area contributed by atoms with Gasteiger partial charge in [0.1, 0.15) is 24.1 Å². The number of carbonyl (C=O) groups excluding carboxylic acids is 1. The van der Waals surface area contributed by atoms with Crippen LogP contribution in [0.1, 0.15) is 29.1 Å². The minimum atomic E-state index is -0.244. The van der Waals surface area contributed by atoms with E-state index in [0.717, 1.165) is 35.6 Å². The molecule has 1 aromatic heterocycles. The zero-order valence-corrected chi connectivity index (χ0v) is 16.7. The summed E-state index contributed by atoms with van der Waals surface area (Å²) in [7, 11) is 1.53. The van der Waals surface area contributed by atoms with E-state index < -0.39 is 0 Å². The van der Waals surface area contributed by atoms with Gasteiger partial charge < -0.3 is 14.5 Å². The Balaban J connectivity index is 1.85. The largest absolute Gasteiger partial charge is 0.375 e. The number of hydrogen-bond donors (Lipinski definition) is 0.